The van der Waals surface area contributed by atoms with Crippen LogP contribution in [-0.2, 0) is 0 Å². The van der Waals surface area contributed by atoms with Gasteiger partial charge in [-0.3, -0.25) is 9.55 Å². The normalized spacial score (nSPS) is 11.5. The summed E-state index contributed by atoms with van der Waals surface area (Å²) in [5.41, 5.74) is 14.6. The highest BCUT2D eigenvalue weighted by Gasteiger charge is 2.25. The van der Waals surface area contributed by atoms with E-state index < -0.39 is 0 Å². The molecule has 0 unspecified atom stereocenters. The second-order valence-electron chi connectivity index (χ2n) is 13.6. The molecule has 0 aliphatic rings. The summed E-state index contributed by atoms with van der Waals surface area (Å²) >= 11 is 0. The van der Waals surface area contributed by atoms with E-state index in [1.165, 1.54) is 32.7 Å². The van der Waals surface area contributed by atoms with Crippen LogP contribution in [0, 0.1) is 0 Å². The monoisotopic (exact) mass is 663 g/mol. The Labute approximate surface area is 306 Å². The molecule has 0 atom stereocenters. The van der Waals surface area contributed by atoms with E-state index in [2.05, 4.69) is 142 Å². The van der Waals surface area contributed by atoms with Crippen LogP contribution >= 0.6 is 0 Å². The first-order chi connectivity index (χ1) is 25.4. The number of rotatable bonds is 5. The fraction of sp³-hybridized carbons (Fsp3) is 0. The van der Waals surface area contributed by atoms with Crippen molar-refractivity contribution in [3.8, 4) is 56.3 Å². The summed E-state index contributed by atoms with van der Waals surface area (Å²) < 4.78 is 2.32. The van der Waals surface area contributed by atoms with Gasteiger partial charge in [0.25, 0.3) is 0 Å². The van der Waals surface area contributed by atoms with E-state index in [9.17, 15) is 5.11 Å². The Morgan fingerprint density at radius 2 is 0.962 bits per heavy atom. The molecule has 52 heavy (non-hydrogen) atoms. The lowest BCUT2D eigenvalue weighted by molar-refractivity contribution is 0.484. The second-order valence-corrected chi connectivity index (χ2v) is 13.6. The van der Waals surface area contributed by atoms with Crippen LogP contribution < -0.4 is 21.9 Å². The maximum atomic E-state index is 11.0. The van der Waals surface area contributed by atoms with Crippen LogP contribution in [0.4, 0.5) is 0 Å². The Kier molecular flexibility index (Phi) is 7.62. The molecule has 0 saturated carbocycles. The number of hydrogen-bond acceptors (Lipinski definition) is 3. The largest absolute Gasteiger partial charge is 0.509 e. The lowest BCUT2D eigenvalue weighted by Gasteiger charge is -2.23. The van der Waals surface area contributed by atoms with Gasteiger partial charge in [0.2, 0.25) is 0 Å². The summed E-state index contributed by atoms with van der Waals surface area (Å²) in [4.78, 5) is 10.1. The smallest absolute Gasteiger partial charge is 0.144 e. The third kappa shape index (κ3) is 4.82. The highest BCUT2D eigenvalue weighted by molar-refractivity contribution is 6.61. The van der Waals surface area contributed by atoms with Crippen molar-refractivity contribution in [1.29, 1.82) is 0 Å². The van der Waals surface area contributed by atoms with Crippen LogP contribution in [0.25, 0.3) is 83.2 Å². The van der Waals surface area contributed by atoms with Crippen molar-refractivity contribution >= 4 is 85.8 Å². The van der Waals surface area contributed by atoms with Crippen molar-refractivity contribution in [3.63, 3.8) is 0 Å². The number of benzene rings is 7. The molecule has 2 aromatic heterocycles. The predicted octanol–water partition coefficient (Wildman–Crippen LogP) is 4.13. The van der Waals surface area contributed by atoms with Crippen LogP contribution in [0.15, 0.2) is 146 Å². The van der Waals surface area contributed by atoms with Gasteiger partial charge in [0.05, 0.1) is 22.4 Å². The fourth-order valence-corrected chi connectivity index (χ4v) is 8.10. The number of pyridine rings is 1. The number of aromatic nitrogens is 3. The Balaban J connectivity index is 1.39. The van der Waals surface area contributed by atoms with Crippen LogP contribution in [0.3, 0.4) is 0 Å². The van der Waals surface area contributed by atoms with E-state index in [4.69, 9.17) is 9.97 Å². The van der Waals surface area contributed by atoms with E-state index in [0.717, 1.165) is 72.3 Å². The molecule has 0 radical (unpaired) electrons. The van der Waals surface area contributed by atoms with Gasteiger partial charge >= 0.3 is 0 Å². The predicted molar refractivity (Wildman–Crippen MR) is 230 cm³/mol. The van der Waals surface area contributed by atoms with Gasteiger partial charge in [0.15, 0.2) is 0 Å². The summed E-state index contributed by atoms with van der Waals surface area (Å²) in [6.07, 6.45) is 1.86. The molecule has 9 aromatic rings. The Bertz CT molecular complexity index is 2780. The van der Waals surface area contributed by atoms with Crippen LogP contribution in [0.2, 0.25) is 0 Å². The van der Waals surface area contributed by atoms with Crippen molar-refractivity contribution in [2.75, 3.05) is 0 Å². The molecule has 0 saturated heterocycles. The van der Waals surface area contributed by atoms with Gasteiger partial charge < -0.3 is 5.11 Å². The van der Waals surface area contributed by atoms with Crippen molar-refractivity contribution in [2.45, 2.75) is 0 Å². The molecule has 0 aliphatic carbocycles. The first kappa shape index (κ1) is 31.7. The number of hydrogen-bond donors (Lipinski definition) is 1. The average Bonchev–Trinajstić information content (AvgIpc) is 3.57. The molecule has 2 heterocycles. The summed E-state index contributed by atoms with van der Waals surface area (Å²) in [6.45, 7) is 0. The highest BCUT2D eigenvalue weighted by atomic mass is 16.3. The van der Waals surface area contributed by atoms with E-state index in [-0.39, 0.29) is 0 Å². The van der Waals surface area contributed by atoms with Gasteiger partial charge in [0.1, 0.15) is 43.0 Å². The summed E-state index contributed by atoms with van der Waals surface area (Å²) in [5, 5.41) is 15.7. The SMILES string of the molecule is Bc1c(B)c(-c2nc3ccccc3n2-c2ccccc2-c2c3ccccc3c(-c3ccccc3-c3ccccn3)c3ccccc23)c(B)c(B)c1O. The molecule has 8 heteroatoms. The number of phenols is 1. The zero-order valence-corrected chi connectivity index (χ0v) is 29.6. The van der Waals surface area contributed by atoms with Gasteiger partial charge in [-0.1, -0.05) is 131 Å². The maximum Gasteiger partial charge on any atom is 0.144 e. The lowest BCUT2D eigenvalue weighted by Crippen LogP contribution is -2.42. The van der Waals surface area contributed by atoms with Crippen molar-refractivity contribution < 1.29 is 5.11 Å². The van der Waals surface area contributed by atoms with Crippen LogP contribution in [-0.4, -0.2) is 51.0 Å². The fourth-order valence-electron chi connectivity index (χ4n) is 8.10. The molecule has 9 rings (SSSR count). The maximum absolute atomic E-state index is 11.0. The number of para-hydroxylation sites is 3. The Morgan fingerprint density at radius 3 is 1.58 bits per heavy atom. The lowest BCUT2D eigenvalue weighted by atomic mass is 9.66. The summed E-state index contributed by atoms with van der Waals surface area (Å²) in [6, 6.07) is 49.4. The van der Waals surface area contributed by atoms with Gasteiger partial charge in [-0.15, -0.1) is 0 Å². The first-order valence-corrected chi connectivity index (χ1v) is 17.7. The van der Waals surface area contributed by atoms with Crippen molar-refractivity contribution in [3.05, 3.63) is 146 Å². The zero-order valence-electron chi connectivity index (χ0n) is 29.6. The number of aromatic hydroxyl groups is 1. The quantitative estimate of drug-likeness (QED) is 0.223. The number of fused-ring (bicyclic) bond motifs is 3. The van der Waals surface area contributed by atoms with Gasteiger partial charge in [0, 0.05) is 22.9 Å². The van der Waals surface area contributed by atoms with Crippen molar-refractivity contribution in [1.82, 2.24) is 14.5 Å². The van der Waals surface area contributed by atoms with E-state index >= 15 is 0 Å². The molecule has 0 aliphatic heterocycles. The van der Waals surface area contributed by atoms with Gasteiger partial charge in [-0.25, -0.2) is 4.98 Å². The van der Waals surface area contributed by atoms with Crippen molar-refractivity contribution in [2.24, 2.45) is 0 Å². The molecule has 0 amide bonds. The van der Waals surface area contributed by atoms with E-state index in [1.807, 2.05) is 40.1 Å². The summed E-state index contributed by atoms with van der Waals surface area (Å²) in [7, 11) is 8.17. The molecule has 0 fully saturated rings. The summed E-state index contributed by atoms with van der Waals surface area (Å²) in [5.74, 6) is 1.22. The second kappa shape index (κ2) is 12.5. The molecule has 7 aromatic carbocycles. The van der Waals surface area contributed by atoms with Gasteiger partial charge in [-0.2, -0.15) is 0 Å². The third-order valence-electron chi connectivity index (χ3n) is 10.9. The highest BCUT2D eigenvalue weighted by Crippen LogP contribution is 2.47. The molecule has 242 valence electrons. The number of nitrogens with zero attached hydrogens (tertiary/aromatic N) is 3. The zero-order chi connectivity index (χ0) is 35.5. The molecular formula is C44H33B4N3O. The Morgan fingerprint density at radius 1 is 0.462 bits per heavy atom. The van der Waals surface area contributed by atoms with E-state index in [0.29, 0.717) is 5.75 Å². The topological polar surface area (TPSA) is 50.9 Å². The first-order valence-electron chi connectivity index (χ1n) is 17.7. The molecule has 4 nitrogen and oxygen atoms in total. The van der Waals surface area contributed by atoms with E-state index in [1.54, 1.807) is 0 Å². The molecule has 1 N–H and O–H groups in total. The number of phenolic OH excluding ortho intramolecular Hbond substituents is 1. The standard InChI is InChI=1S/C44H33B4N3O/c45-39-38(40(46)42(48)43(52)41(39)47)44-50-33-21-8-10-23-35(33)51(44)34-22-9-7-19-31(34)37-29-17-5-3-15-27(29)36(28-16-4-6-18-30(28)37)26-14-2-1-13-25(26)32-20-11-12-24-49-32/h1-24,52H,45-48H2. The third-order valence-corrected chi connectivity index (χ3v) is 10.9. The van der Waals surface area contributed by atoms with Crippen LogP contribution in [0.1, 0.15) is 0 Å². The molecule has 0 bridgehead atoms. The Hall–Kier alpha value is -6.26. The minimum Gasteiger partial charge on any atom is -0.509 e. The number of imidazole rings is 1. The van der Waals surface area contributed by atoms with Crippen LogP contribution in [0.5, 0.6) is 5.75 Å². The minimum absolute atomic E-state index is 0.351. The average molecular weight is 663 g/mol. The molecule has 0 spiro atoms. The minimum atomic E-state index is 0.351. The van der Waals surface area contributed by atoms with Gasteiger partial charge in [-0.05, 0) is 68.6 Å². The molecular weight excluding hydrogens is 630 g/mol.